The van der Waals surface area contributed by atoms with E-state index in [0.29, 0.717) is 5.56 Å². The highest BCUT2D eigenvalue weighted by molar-refractivity contribution is 6.03. The van der Waals surface area contributed by atoms with E-state index >= 15 is 0 Å². The monoisotopic (exact) mass is 282 g/mol. The Bertz CT molecular complexity index is 670. The number of carbonyl (C=O) groups is 1. The van der Waals surface area contributed by atoms with Crippen molar-refractivity contribution in [2.45, 2.75) is 13.1 Å². The van der Waals surface area contributed by atoms with Crippen molar-refractivity contribution in [2.24, 2.45) is 0 Å². The van der Waals surface area contributed by atoms with Gasteiger partial charge in [-0.25, -0.2) is 0 Å². The fraction of sp³-hybridized carbons (Fsp3) is 0.235. The molecule has 0 N–H and O–H groups in total. The van der Waals surface area contributed by atoms with Gasteiger partial charge in [0.15, 0.2) is 0 Å². The Labute approximate surface area is 124 Å². The van der Waals surface area contributed by atoms with E-state index in [4.69, 9.17) is 4.74 Å². The van der Waals surface area contributed by atoms with Crippen LogP contribution in [0.1, 0.15) is 17.3 Å². The average molecular weight is 282 g/mol. The molecule has 1 heterocycles. The highest BCUT2D eigenvalue weighted by atomic mass is 16.5. The molecule has 1 amide bonds. The van der Waals surface area contributed by atoms with E-state index in [2.05, 4.69) is 4.90 Å². The lowest BCUT2D eigenvalue weighted by atomic mass is 10.0. The van der Waals surface area contributed by atoms with Crippen LogP contribution in [0.3, 0.4) is 0 Å². The SMILES string of the molecule is COc1ccc2c(c1)N(c1ccccc1)C(C)N(C)C2=O. The van der Waals surface area contributed by atoms with Gasteiger partial charge in [0.05, 0.1) is 18.4 Å². The predicted octanol–water partition coefficient (Wildman–Crippen LogP) is 3.26. The zero-order chi connectivity index (χ0) is 15.0. The van der Waals surface area contributed by atoms with Crippen LogP contribution in [-0.2, 0) is 0 Å². The van der Waals surface area contributed by atoms with Crippen LogP contribution in [0, 0.1) is 0 Å². The number of ether oxygens (including phenoxy) is 1. The maximum atomic E-state index is 12.5. The number of nitrogens with zero attached hydrogens (tertiary/aromatic N) is 2. The minimum atomic E-state index is -0.0560. The molecular formula is C17H18N2O2. The van der Waals surface area contributed by atoms with Gasteiger partial charge in [0.2, 0.25) is 0 Å². The summed E-state index contributed by atoms with van der Waals surface area (Å²) in [6.07, 6.45) is -0.0560. The van der Waals surface area contributed by atoms with Gasteiger partial charge in [-0.1, -0.05) is 18.2 Å². The fourth-order valence-corrected chi connectivity index (χ4v) is 2.70. The van der Waals surface area contributed by atoms with E-state index in [1.165, 1.54) is 0 Å². The molecule has 0 bridgehead atoms. The fourth-order valence-electron chi connectivity index (χ4n) is 2.70. The number of hydrogen-bond acceptors (Lipinski definition) is 3. The van der Waals surface area contributed by atoms with Crippen molar-refractivity contribution in [2.75, 3.05) is 19.1 Å². The summed E-state index contributed by atoms with van der Waals surface area (Å²) in [5.74, 6) is 0.784. The van der Waals surface area contributed by atoms with E-state index in [-0.39, 0.29) is 12.1 Å². The highest BCUT2D eigenvalue weighted by Gasteiger charge is 2.33. The number of amides is 1. The lowest BCUT2D eigenvalue weighted by Crippen LogP contribution is -2.49. The second-order valence-electron chi connectivity index (χ2n) is 5.14. The number of benzene rings is 2. The third kappa shape index (κ3) is 2.13. The Hall–Kier alpha value is -2.49. The Kier molecular flexibility index (Phi) is 3.29. The largest absolute Gasteiger partial charge is 0.497 e. The molecule has 1 atom stereocenters. The minimum absolute atomic E-state index is 0.0346. The second kappa shape index (κ2) is 5.13. The van der Waals surface area contributed by atoms with E-state index in [1.54, 1.807) is 12.0 Å². The van der Waals surface area contributed by atoms with Crippen molar-refractivity contribution >= 4 is 17.3 Å². The lowest BCUT2D eigenvalue weighted by Gasteiger charge is -2.42. The van der Waals surface area contributed by atoms with Gasteiger partial charge in [0.25, 0.3) is 5.91 Å². The maximum absolute atomic E-state index is 12.5. The predicted molar refractivity (Wildman–Crippen MR) is 83.1 cm³/mol. The van der Waals surface area contributed by atoms with Gasteiger partial charge in [-0.05, 0) is 31.2 Å². The van der Waals surface area contributed by atoms with Crippen molar-refractivity contribution in [3.8, 4) is 5.75 Å². The van der Waals surface area contributed by atoms with Crippen molar-refractivity contribution in [1.82, 2.24) is 4.90 Å². The molecule has 4 nitrogen and oxygen atoms in total. The Morgan fingerprint density at radius 1 is 1.10 bits per heavy atom. The van der Waals surface area contributed by atoms with Crippen LogP contribution < -0.4 is 9.64 Å². The summed E-state index contributed by atoms with van der Waals surface area (Å²) in [7, 11) is 3.46. The summed E-state index contributed by atoms with van der Waals surface area (Å²) < 4.78 is 5.31. The molecule has 1 aliphatic rings. The lowest BCUT2D eigenvalue weighted by molar-refractivity contribution is 0.0731. The molecule has 4 heteroatoms. The molecule has 0 saturated carbocycles. The number of fused-ring (bicyclic) bond motifs is 1. The van der Waals surface area contributed by atoms with Gasteiger partial charge in [-0.15, -0.1) is 0 Å². The summed E-state index contributed by atoms with van der Waals surface area (Å²) in [5.41, 5.74) is 2.63. The quantitative estimate of drug-likeness (QED) is 0.847. The van der Waals surface area contributed by atoms with Crippen molar-refractivity contribution in [1.29, 1.82) is 0 Å². The summed E-state index contributed by atoms with van der Waals surface area (Å²) in [5, 5.41) is 0. The van der Waals surface area contributed by atoms with Gasteiger partial charge in [0.1, 0.15) is 11.9 Å². The first kappa shape index (κ1) is 13.5. The first-order valence-corrected chi connectivity index (χ1v) is 6.93. The van der Waals surface area contributed by atoms with Crippen LogP contribution in [-0.4, -0.2) is 31.1 Å². The topological polar surface area (TPSA) is 32.8 Å². The molecule has 0 aliphatic carbocycles. The zero-order valence-corrected chi connectivity index (χ0v) is 12.4. The Balaban J connectivity index is 2.20. The smallest absolute Gasteiger partial charge is 0.257 e. The number of carbonyl (C=O) groups excluding carboxylic acids is 1. The molecule has 1 unspecified atom stereocenters. The Morgan fingerprint density at radius 2 is 1.81 bits per heavy atom. The summed E-state index contributed by atoms with van der Waals surface area (Å²) in [4.78, 5) is 16.4. The minimum Gasteiger partial charge on any atom is -0.497 e. The van der Waals surface area contributed by atoms with E-state index < -0.39 is 0 Å². The molecule has 108 valence electrons. The van der Waals surface area contributed by atoms with Crippen LogP contribution in [0.2, 0.25) is 0 Å². The maximum Gasteiger partial charge on any atom is 0.257 e. The molecule has 1 aliphatic heterocycles. The van der Waals surface area contributed by atoms with Crippen molar-refractivity contribution < 1.29 is 9.53 Å². The van der Waals surface area contributed by atoms with Crippen LogP contribution >= 0.6 is 0 Å². The van der Waals surface area contributed by atoms with Crippen LogP contribution in [0.5, 0.6) is 5.75 Å². The van der Waals surface area contributed by atoms with Crippen molar-refractivity contribution in [3.05, 3.63) is 54.1 Å². The Morgan fingerprint density at radius 3 is 2.48 bits per heavy atom. The molecule has 0 fully saturated rings. The molecule has 0 spiro atoms. The molecule has 0 radical (unpaired) electrons. The molecule has 0 saturated heterocycles. The normalized spacial score (nSPS) is 17.7. The first-order valence-electron chi connectivity index (χ1n) is 6.93. The van der Waals surface area contributed by atoms with Crippen LogP contribution in [0.4, 0.5) is 11.4 Å². The number of methoxy groups -OCH3 is 1. The third-order valence-electron chi connectivity index (χ3n) is 3.98. The number of anilines is 2. The molecule has 2 aromatic carbocycles. The van der Waals surface area contributed by atoms with Gasteiger partial charge < -0.3 is 14.5 Å². The van der Waals surface area contributed by atoms with Gasteiger partial charge in [-0.3, -0.25) is 4.79 Å². The van der Waals surface area contributed by atoms with Gasteiger partial charge in [-0.2, -0.15) is 0 Å². The van der Waals surface area contributed by atoms with Crippen LogP contribution in [0.25, 0.3) is 0 Å². The second-order valence-corrected chi connectivity index (χ2v) is 5.14. The zero-order valence-electron chi connectivity index (χ0n) is 12.4. The van der Waals surface area contributed by atoms with E-state index in [1.807, 2.05) is 62.5 Å². The van der Waals surface area contributed by atoms with Gasteiger partial charge in [0, 0.05) is 18.8 Å². The summed E-state index contributed by atoms with van der Waals surface area (Å²) in [6, 6.07) is 15.6. The third-order valence-corrected chi connectivity index (χ3v) is 3.98. The number of hydrogen-bond donors (Lipinski definition) is 0. The van der Waals surface area contributed by atoms with E-state index in [0.717, 1.165) is 17.1 Å². The average Bonchev–Trinajstić information content (AvgIpc) is 2.53. The van der Waals surface area contributed by atoms with E-state index in [9.17, 15) is 4.79 Å². The van der Waals surface area contributed by atoms with Crippen molar-refractivity contribution in [3.63, 3.8) is 0 Å². The molecule has 2 aromatic rings. The summed E-state index contributed by atoms with van der Waals surface area (Å²) >= 11 is 0. The molecular weight excluding hydrogens is 264 g/mol. The number of para-hydroxylation sites is 1. The number of rotatable bonds is 2. The van der Waals surface area contributed by atoms with Gasteiger partial charge >= 0.3 is 0 Å². The standard InChI is InChI=1S/C17H18N2O2/c1-12-18(2)17(20)15-10-9-14(21-3)11-16(15)19(12)13-7-5-4-6-8-13/h4-12H,1-3H3. The molecule has 21 heavy (non-hydrogen) atoms. The highest BCUT2D eigenvalue weighted by Crippen LogP contribution is 2.38. The molecule has 3 rings (SSSR count). The summed E-state index contributed by atoms with van der Waals surface area (Å²) in [6.45, 7) is 2.02. The van der Waals surface area contributed by atoms with Crippen LogP contribution in [0.15, 0.2) is 48.5 Å². The molecule has 0 aromatic heterocycles. The first-order chi connectivity index (χ1) is 10.1.